The molecule has 2 rings (SSSR count). The minimum absolute atomic E-state index is 0. The number of guanidine groups is 1. The molecule has 0 heterocycles. The summed E-state index contributed by atoms with van der Waals surface area (Å²) in [6.45, 7) is 3.96. The first-order valence-electron chi connectivity index (χ1n) is 8.87. The molecule has 0 atom stereocenters. The zero-order chi connectivity index (χ0) is 19.7. The van der Waals surface area contributed by atoms with Gasteiger partial charge in [-0.2, -0.15) is 0 Å². The van der Waals surface area contributed by atoms with Crippen LogP contribution in [0.1, 0.15) is 18.1 Å². The molecule has 0 aliphatic rings. The van der Waals surface area contributed by atoms with Gasteiger partial charge in [0, 0.05) is 19.3 Å². The first-order valence-corrected chi connectivity index (χ1v) is 10.8. The summed E-state index contributed by atoms with van der Waals surface area (Å²) < 4.78 is 28.4. The van der Waals surface area contributed by atoms with Gasteiger partial charge in [-0.05, 0) is 42.7 Å². The minimum Gasteiger partial charge on any atom is -0.496 e. The van der Waals surface area contributed by atoms with Crippen LogP contribution in [0.25, 0.3) is 0 Å². The molecular weight excluding hydrogens is 489 g/mol. The first kappa shape index (κ1) is 24.2. The summed E-state index contributed by atoms with van der Waals surface area (Å²) in [7, 11) is -1.50. The van der Waals surface area contributed by atoms with E-state index in [9.17, 15) is 8.42 Å². The Hall–Kier alpha value is -1.81. The Morgan fingerprint density at radius 3 is 2.36 bits per heavy atom. The molecule has 0 radical (unpaired) electrons. The van der Waals surface area contributed by atoms with Gasteiger partial charge in [0.1, 0.15) is 5.75 Å². The molecule has 2 aromatic carbocycles. The number of aliphatic imine (C=N–C) groups is 1. The van der Waals surface area contributed by atoms with Crippen LogP contribution in [0.4, 0.5) is 0 Å². The number of nitrogens with one attached hydrogen (secondary N) is 2. The highest BCUT2D eigenvalue weighted by Gasteiger charge is 2.06. The quantitative estimate of drug-likeness (QED) is 0.320. The average Bonchev–Trinajstić information content (AvgIpc) is 2.66. The standard InChI is InChI=1S/C20H27N3O3S.HI/c1-4-21-20(22-14-13-17-7-5-6-8-19(17)26-2)23-15-16-9-11-18(12-10-16)27(3,24)25;/h5-12H,4,13-15H2,1-3H3,(H2,21,22,23);1H. The van der Waals surface area contributed by atoms with Gasteiger partial charge in [0.05, 0.1) is 18.6 Å². The van der Waals surface area contributed by atoms with Gasteiger partial charge < -0.3 is 15.4 Å². The van der Waals surface area contributed by atoms with E-state index in [4.69, 9.17) is 4.74 Å². The molecule has 0 bridgehead atoms. The van der Waals surface area contributed by atoms with Gasteiger partial charge in [0.15, 0.2) is 15.8 Å². The Balaban J connectivity index is 0.00000392. The van der Waals surface area contributed by atoms with Crippen LogP contribution in [0.15, 0.2) is 58.4 Å². The molecule has 0 unspecified atom stereocenters. The lowest BCUT2D eigenvalue weighted by molar-refractivity contribution is 0.409. The molecule has 154 valence electrons. The lowest BCUT2D eigenvalue weighted by Gasteiger charge is -2.13. The number of methoxy groups -OCH3 is 1. The van der Waals surface area contributed by atoms with Crippen molar-refractivity contribution in [2.45, 2.75) is 24.8 Å². The van der Waals surface area contributed by atoms with Gasteiger partial charge in [-0.1, -0.05) is 30.3 Å². The SMILES string of the molecule is CCNC(=NCc1ccc(S(C)(=O)=O)cc1)NCCc1ccccc1OC.I. The third-order valence-corrected chi connectivity index (χ3v) is 5.12. The molecule has 0 amide bonds. The number of halogens is 1. The number of sulfone groups is 1. The molecular formula is C20H28IN3O3S. The summed E-state index contributed by atoms with van der Waals surface area (Å²) in [5, 5.41) is 6.53. The summed E-state index contributed by atoms with van der Waals surface area (Å²) >= 11 is 0. The fourth-order valence-electron chi connectivity index (χ4n) is 2.58. The van der Waals surface area contributed by atoms with Crippen molar-refractivity contribution in [1.82, 2.24) is 10.6 Å². The second-order valence-electron chi connectivity index (χ2n) is 6.10. The highest BCUT2D eigenvalue weighted by Crippen LogP contribution is 2.17. The van der Waals surface area contributed by atoms with Crippen LogP contribution in [-0.2, 0) is 22.8 Å². The van der Waals surface area contributed by atoms with Crippen molar-refractivity contribution in [1.29, 1.82) is 0 Å². The van der Waals surface area contributed by atoms with Crippen LogP contribution in [0.3, 0.4) is 0 Å². The van der Waals surface area contributed by atoms with E-state index < -0.39 is 9.84 Å². The monoisotopic (exact) mass is 517 g/mol. The highest BCUT2D eigenvalue weighted by molar-refractivity contribution is 14.0. The van der Waals surface area contributed by atoms with Crippen LogP contribution in [0.2, 0.25) is 0 Å². The highest BCUT2D eigenvalue weighted by atomic mass is 127. The third-order valence-electron chi connectivity index (χ3n) is 3.99. The topological polar surface area (TPSA) is 79.8 Å². The molecule has 2 N–H and O–H groups in total. The molecule has 0 aliphatic heterocycles. The van der Waals surface area contributed by atoms with E-state index in [1.165, 1.54) is 6.26 Å². The van der Waals surface area contributed by atoms with Crippen molar-refractivity contribution in [3.05, 3.63) is 59.7 Å². The van der Waals surface area contributed by atoms with Crippen molar-refractivity contribution in [2.24, 2.45) is 4.99 Å². The average molecular weight is 517 g/mol. The molecule has 0 saturated carbocycles. The zero-order valence-corrected chi connectivity index (χ0v) is 19.6. The van der Waals surface area contributed by atoms with Gasteiger partial charge in [-0.25, -0.2) is 13.4 Å². The second kappa shape index (κ2) is 11.9. The number of rotatable bonds is 8. The van der Waals surface area contributed by atoms with Gasteiger partial charge in [-0.15, -0.1) is 24.0 Å². The van der Waals surface area contributed by atoms with Crippen LogP contribution < -0.4 is 15.4 Å². The fraction of sp³-hybridized carbons (Fsp3) is 0.350. The second-order valence-corrected chi connectivity index (χ2v) is 8.12. The Morgan fingerprint density at radius 1 is 1.07 bits per heavy atom. The van der Waals surface area contributed by atoms with Crippen LogP contribution >= 0.6 is 24.0 Å². The molecule has 8 heteroatoms. The molecule has 28 heavy (non-hydrogen) atoms. The minimum atomic E-state index is -3.17. The summed E-state index contributed by atoms with van der Waals surface area (Å²) in [6.07, 6.45) is 2.02. The normalized spacial score (nSPS) is 11.5. The van der Waals surface area contributed by atoms with Crippen molar-refractivity contribution in [3.63, 3.8) is 0 Å². The third kappa shape index (κ3) is 7.67. The summed E-state index contributed by atoms with van der Waals surface area (Å²) in [4.78, 5) is 4.88. The number of ether oxygens (including phenoxy) is 1. The summed E-state index contributed by atoms with van der Waals surface area (Å²) in [5.41, 5.74) is 2.09. The molecule has 6 nitrogen and oxygen atoms in total. The van der Waals surface area contributed by atoms with Crippen molar-refractivity contribution >= 4 is 39.8 Å². The Labute approximate surface area is 184 Å². The molecule has 0 spiro atoms. The molecule has 0 saturated heterocycles. The first-order chi connectivity index (χ1) is 12.9. The van der Waals surface area contributed by atoms with Crippen molar-refractivity contribution < 1.29 is 13.2 Å². The van der Waals surface area contributed by atoms with Crippen molar-refractivity contribution in [3.8, 4) is 5.75 Å². The maximum Gasteiger partial charge on any atom is 0.191 e. The van der Waals surface area contributed by atoms with E-state index in [2.05, 4.69) is 15.6 Å². The van der Waals surface area contributed by atoms with E-state index >= 15 is 0 Å². The van der Waals surface area contributed by atoms with E-state index in [1.807, 2.05) is 31.2 Å². The molecule has 0 aromatic heterocycles. The van der Waals surface area contributed by atoms with E-state index in [-0.39, 0.29) is 24.0 Å². The smallest absolute Gasteiger partial charge is 0.191 e. The zero-order valence-electron chi connectivity index (χ0n) is 16.4. The van der Waals surface area contributed by atoms with Crippen LogP contribution in [-0.4, -0.2) is 40.8 Å². The summed E-state index contributed by atoms with van der Waals surface area (Å²) in [6, 6.07) is 14.8. The Bertz CT molecular complexity index is 869. The largest absolute Gasteiger partial charge is 0.496 e. The molecule has 0 aliphatic carbocycles. The van der Waals surface area contributed by atoms with Gasteiger partial charge in [-0.3, -0.25) is 0 Å². The Kier molecular flexibility index (Phi) is 10.3. The van der Waals surface area contributed by atoms with Gasteiger partial charge >= 0.3 is 0 Å². The lowest BCUT2D eigenvalue weighted by atomic mass is 10.1. The predicted molar refractivity (Wildman–Crippen MR) is 124 cm³/mol. The fourth-order valence-corrected chi connectivity index (χ4v) is 3.21. The van der Waals surface area contributed by atoms with E-state index in [0.717, 1.165) is 42.3 Å². The van der Waals surface area contributed by atoms with Crippen LogP contribution in [0.5, 0.6) is 5.75 Å². The lowest BCUT2D eigenvalue weighted by Crippen LogP contribution is -2.38. The van der Waals surface area contributed by atoms with Crippen molar-refractivity contribution in [2.75, 3.05) is 26.5 Å². The van der Waals surface area contributed by atoms with E-state index in [0.29, 0.717) is 11.4 Å². The summed E-state index contributed by atoms with van der Waals surface area (Å²) in [5.74, 6) is 1.60. The maximum absolute atomic E-state index is 11.5. The number of hydrogen-bond donors (Lipinski definition) is 2. The number of nitrogens with zero attached hydrogens (tertiary/aromatic N) is 1. The molecule has 2 aromatic rings. The van der Waals surface area contributed by atoms with E-state index in [1.54, 1.807) is 31.4 Å². The maximum atomic E-state index is 11.5. The molecule has 0 fully saturated rings. The van der Waals surface area contributed by atoms with Crippen LogP contribution in [0, 0.1) is 0 Å². The predicted octanol–water partition coefficient (Wildman–Crippen LogP) is 3.01. The number of benzene rings is 2. The Morgan fingerprint density at radius 2 is 1.75 bits per heavy atom. The number of hydrogen-bond acceptors (Lipinski definition) is 4. The van der Waals surface area contributed by atoms with Gasteiger partial charge in [0.2, 0.25) is 0 Å². The van der Waals surface area contributed by atoms with Gasteiger partial charge in [0.25, 0.3) is 0 Å². The number of para-hydroxylation sites is 1.